The molecular weight excluding hydrogens is 465 g/mol. The zero-order valence-corrected chi connectivity index (χ0v) is 17.7. The van der Waals surface area contributed by atoms with Crippen LogP contribution in [0.3, 0.4) is 0 Å². The number of aliphatic hydroxyl groups excluding tert-OH is 1. The second-order valence-electron chi connectivity index (χ2n) is 7.18. The van der Waals surface area contributed by atoms with Crippen LogP contribution >= 0.6 is 11.6 Å². The second kappa shape index (κ2) is 8.41. The number of rotatable bonds is 5. The number of carbonyl (C=O) groups is 2. The van der Waals surface area contributed by atoms with Gasteiger partial charge >= 0.3 is 6.36 Å². The smallest absolute Gasteiger partial charge is 0.406 e. The summed E-state index contributed by atoms with van der Waals surface area (Å²) in [4.78, 5) is 31.5. The number of aliphatic hydroxyl groups is 1. The molecule has 4 rings (SSSR count). The molecule has 1 unspecified atom stereocenters. The van der Waals surface area contributed by atoms with E-state index in [1.54, 1.807) is 24.3 Å². The van der Waals surface area contributed by atoms with Crippen LogP contribution in [0.5, 0.6) is 5.75 Å². The van der Waals surface area contributed by atoms with Crippen molar-refractivity contribution in [3.63, 3.8) is 0 Å². The van der Waals surface area contributed by atoms with Crippen LogP contribution in [0.4, 0.5) is 19.0 Å². The minimum absolute atomic E-state index is 0.0174. The minimum Gasteiger partial charge on any atom is -0.406 e. The molecular formula is C21H16ClF3N4O4. The van der Waals surface area contributed by atoms with E-state index in [4.69, 9.17) is 11.6 Å². The number of alkyl halides is 3. The molecule has 2 N–H and O–H groups in total. The summed E-state index contributed by atoms with van der Waals surface area (Å²) in [5.74, 6) is -2.12. The number of carbonyl (C=O) groups excluding carboxylic acids is 2. The summed E-state index contributed by atoms with van der Waals surface area (Å²) in [6.07, 6.45) is -6.29. The average Bonchev–Trinajstić information content (AvgIpc) is 3.12. The number of amides is 1. The molecule has 33 heavy (non-hydrogen) atoms. The highest BCUT2D eigenvalue weighted by Crippen LogP contribution is 2.29. The summed E-state index contributed by atoms with van der Waals surface area (Å²) < 4.78 is 43.0. The molecule has 0 aliphatic carbocycles. The molecule has 1 aliphatic heterocycles. The van der Waals surface area contributed by atoms with E-state index in [-0.39, 0.29) is 29.4 Å². The molecule has 1 amide bonds. The van der Waals surface area contributed by atoms with Crippen molar-refractivity contribution in [2.24, 2.45) is 0 Å². The largest absolute Gasteiger partial charge is 0.573 e. The van der Waals surface area contributed by atoms with Gasteiger partial charge in [-0.05, 0) is 29.8 Å². The van der Waals surface area contributed by atoms with Crippen molar-refractivity contribution in [1.82, 2.24) is 14.9 Å². The standard InChI is InChI=1S/C21H16ClF3N4O4/c1-28-17-15(19(31)27-20(28)32)29(10-11-5-7-13(22)8-6-11)18(26-17)16(30)12-3-2-4-14(9-12)33-21(23,24)25/h2-9,20,32H,10H2,1H3,(H,27,31). The summed E-state index contributed by atoms with van der Waals surface area (Å²) in [5.41, 5.74) is 0.577. The molecule has 8 nitrogen and oxygen atoms in total. The number of nitrogens with one attached hydrogen (secondary N) is 1. The van der Waals surface area contributed by atoms with Gasteiger partial charge in [-0.25, -0.2) is 4.98 Å². The molecule has 0 spiro atoms. The maximum atomic E-state index is 13.3. The van der Waals surface area contributed by atoms with Gasteiger partial charge in [0.2, 0.25) is 12.1 Å². The van der Waals surface area contributed by atoms with Crippen molar-refractivity contribution in [2.45, 2.75) is 19.3 Å². The number of hydrogen-bond donors (Lipinski definition) is 2. The Morgan fingerprint density at radius 1 is 1.24 bits per heavy atom. The van der Waals surface area contributed by atoms with E-state index in [1.165, 1.54) is 28.6 Å². The maximum absolute atomic E-state index is 13.3. The first-order chi connectivity index (χ1) is 15.5. The quantitative estimate of drug-likeness (QED) is 0.545. The Morgan fingerprint density at radius 3 is 2.61 bits per heavy atom. The van der Waals surface area contributed by atoms with Crippen LogP contribution in [0, 0.1) is 0 Å². The molecule has 0 bridgehead atoms. The third kappa shape index (κ3) is 4.64. The predicted molar refractivity (Wildman–Crippen MR) is 111 cm³/mol. The molecule has 1 aromatic heterocycles. The van der Waals surface area contributed by atoms with E-state index in [9.17, 15) is 27.9 Å². The summed E-state index contributed by atoms with van der Waals surface area (Å²) in [6, 6.07) is 11.2. The molecule has 0 saturated heterocycles. The van der Waals surface area contributed by atoms with Gasteiger partial charge in [-0.15, -0.1) is 13.2 Å². The Kier molecular flexibility index (Phi) is 5.76. The highest BCUT2D eigenvalue weighted by molar-refractivity contribution is 6.30. The van der Waals surface area contributed by atoms with Crippen molar-refractivity contribution < 1.29 is 32.6 Å². The van der Waals surface area contributed by atoms with Gasteiger partial charge in [0.25, 0.3) is 5.91 Å². The molecule has 172 valence electrons. The zero-order chi connectivity index (χ0) is 23.9. The molecule has 0 fully saturated rings. The Bertz CT molecular complexity index is 1230. The van der Waals surface area contributed by atoms with Crippen LogP contribution in [0.1, 0.15) is 32.2 Å². The monoisotopic (exact) mass is 480 g/mol. The highest BCUT2D eigenvalue weighted by Gasteiger charge is 2.36. The van der Waals surface area contributed by atoms with Crippen LogP contribution in [0.25, 0.3) is 0 Å². The number of ketones is 1. The van der Waals surface area contributed by atoms with E-state index in [1.807, 2.05) is 0 Å². The summed E-state index contributed by atoms with van der Waals surface area (Å²) >= 11 is 5.93. The van der Waals surface area contributed by atoms with E-state index in [0.717, 1.165) is 12.1 Å². The van der Waals surface area contributed by atoms with Gasteiger partial charge in [-0.3, -0.25) is 9.59 Å². The number of ether oxygens (including phenoxy) is 1. The summed E-state index contributed by atoms with van der Waals surface area (Å²) in [6.45, 7) is 0.0384. The lowest BCUT2D eigenvalue weighted by Crippen LogP contribution is -2.51. The van der Waals surface area contributed by atoms with Crippen molar-refractivity contribution in [2.75, 3.05) is 11.9 Å². The molecule has 0 radical (unpaired) electrons. The van der Waals surface area contributed by atoms with E-state index in [0.29, 0.717) is 10.6 Å². The van der Waals surface area contributed by atoms with Gasteiger partial charge in [0.15, 0.2) is 17.3 Å². The van der Waals surface area contributed by atoms with Crippen molar-refractivity contribution in [1.29, 1.82) is 0 Å². The van der Waals surface area contributed by atoms with Crippen LogP contribution in [0.15, 0.2) is 48.5 Å². The van der Waals surface area contributed by atoms with Crippen molar-refractivity contribution in [3.8, 4) is 5.75 Å². The summed E-state index contributed by atoms with van der Waals surface area (Å²) in [7, 11) is 1.47. The summed E-state index contributed by atoms with van der Waals surface area (Å²) in [5, 5.41) is 12.9. The second-order valence-corrected chi connectivity index (χ2v) is 7.62. The molecule has 0 saturated carbocycles. The fourth-order valence-electron chi connectivity index (χ4n) is 3.37. The Labute approximate surface area is 190 Å². The first kappa shape index (κ1) is 22.6. The Balaban J connectivity index is 1.81. The maximum Gasteiger partial charge on any atom is 0.573 e. The lowest BCUT2D eigenvalue weighted by molar-refractivity contribution is -0.274. The fourth-order valence-corrected chi connectivity index (χ4v) is 3.50. The average molecular weight is 481 g/mol. The molecule has 3 aromatic rings. The molecule has 2 aromatic carbocycles. The number of aromatic nitrogens is 2. The van der Waals surface area contributed by atoms with Crippen LogP contribution in [0.2, 0.25) is 5.02 Å². The Morgan fingerprint density at radius 2 is 1.94 bits per heavy atom. The SMILES string of the molecule is CN1c2nc(C(=O)c3cccc(OC(F)(F)F)c3)n(Cc3ccc(Cl)cc3)c2C(=O)NC1O. The minimum atomic E-state index is -4.93. The molecule has 2 heterocycles. The molecule has 1 atom stereocenters. The topological polar surface area (TPSA) is 96.7 Å². The first-order valence-electron chi connectivity index (χ1n) is 9.51. The molecule has 12 heteroatoms. The third-order valence-corrected chi connectivity index (χ3v) is 5.16. The van der Waals surface area contributed by atoms with Crippen LogP contribution in [-0.4, -0.2) is 46.1 Å². The number of hydrogen-bond acceptors (Lipinski definition) is 6. The Hall–Kier alpha value is -3.57. The predicted octanol–water partition coefficient (Wildman–Crippen LogP) is 3.17. The zero-order valence-electron chi connectivity index (χ0n) is 16.9. The van der Waals surface area contributed by atoms with Gasteiger partial charge < -0.3 is 24.6 Å². The van der Waals surface area contributed by atoms with Crippen molar-refractivity contribution in [3.05, 3.63) is 76.2 Å². The number of imidazole rings is 1. The van der Waals surface area contributed by atoms with Crippen molar-refractivity contribution >= 4 is 29.1 Å². The fraction of sp³-hybridized carbons (Fsp3) is 0.190. The first-order valence-corrected chi connectivity index (χ1v) is 9.88. The number of benzene rings is 2. The lowest BCUT2D eigenvalue weighted by Gasteiger charge is -2.29. The van der Waals surface area contributed by atoms with Gasteiger partial charge in [0, 0.05) is 17.6 Å². The number of fused-ring (bicyclic) bond motifs is 1. The van der Waals surface area contributed by atoms with E-state index >= 15 is 0 Å². The van der Waals surface area contributed by atoms with Gasteiger partial charge in [0.05, 0.1) is 6.54 Å². The lowest BCUT2D eigenvalue weighted by atomic mass is 10.1. The van der Waals surface area contributed by atoms with Gasteiger partial charge in [-0.1, -0.05) is 35.9 Å². The highest BCUT2D eigenvalue weighted by atomic mass is 35.5. The van der Waals surface area contributed by atoms with Gasteiger partial charge in [0.1, 0.15) is 5.75 Å². The van der Waals surface area contributed by atoms with Gasteiger partial charge in [-0.2, -0.15) is 0 Å². The van der Waals surface area contributed by atoms with Crippen LogP contribution < -0.4 is 15.0 Å². The van der Waals surface area contributed by atoms with E-state index < -0.39 is 30.2 Å². The number of nitrogens with zero attached hydrogens (tertiary/aromatic N) is 3. The third-order valence-electron chi connectivity index (χ3n) is 4.91. The molecule has 1 aliphatic rings. The van der Waals surface area contributed by atoms with E-state index in [2.05, 4.69) is 15.0 Å². The van der Waals surface area contributed by atoms with Crippen LogP contribution in [-0.2, 0) is 6.54 Å². The normalized spacial score (nSPS) is 15.8. The number of halogens is 4. The number of anilines is 1.